The number of hydrogen-bond acceptors (Lipinski definition) is 3. The Morgan fingerprint density at radius 2 is 2.18 bits per heavy atom. The molecule has 8 heteroatoms. The topological polar surface area (TPSA) is 45.9 Å². The second-order valence-electron chi connectivity index (χ2n) is 2.90. The third-order valence-corrected chi connectivity index (χ3v) is 3.30. The fraction of sp³-hybridized carbons (Fsp3) is 0.333. The summed E-state index contributed by atoms with van der Waals surface area (Å²) in [7, 11) is 0. The van der Waals surface area contributed by atoms with Crippen LogP contribution in [0.4, 0.5) is 13.2 Å². The van der Waals surface area contributed by atoms with Crippen LogP contribution in [0.5, 0.6) is 5.75 Å². The summed E-state index contributed by atoms with van der Waals surface area (Å²) in [6.07, 6.45) is -3.68. The molecule has 0 amide bonds. The van der Waals surface area contributed by atoms with Crippen LogP contribution in [0.25, 0.3) is 0 Å². The minimum atomic E-state index is -4.79. The van der Waals surface area contributed by atoms with Gasteiger partial charge in [0.25, 0.3) is 0 Å². The molecule has 0 aliphatic carbocycles. The van der Waals surface area contributed by atoms with Crippen LogP contribution in [0.2, 0.25) is 0 Å². The van der Waals surface area contributed by atoms with Gasteiger partial charge >= 0.3 is 6.36 Å². The van der Waals surface area contributed by atoms with Crippen molar-refractivity contribution in [3.63, 3.8) is 0 Å². The van der Waals surface area contributed by atoms with Crippen molar-refractivity contribution >= 4 is 38.5 Å². The minimum Gasteiger partial charge on any atom is -0.405 e. The number of aromatic nitrogens is 1. The van der Waals surface area contributed by atoms with E-state index in [-0.39, 0.29) is 28.6 Å². The number of nitriles is 1. The fourth-order valence-electron chi connectivity index (χ4n) is 1.13. The fourth-order valence-corrected chi connectivity index (χ4v) is 2.10. The number of rotatable bonds is 3. The van der Waals surface area contributed by atoms with E-state index < -0.39 is 6.36 Å². The van der Waals surface area contributed by atoms with E-state index in [0.717, 1.165) is 0 Å². The van der Waals surface area contributed by atoms with E-state index in [2.05, 4.69) is 25.7 Å². The second kappa shape index (κ2) is 5.86. The summed E-state index contributed by atoms with van der Waals surface area (Å²) in [6, 6.07) is 1.79. The molecular weight excluding hydrogens is 416 g/mol. The van der Waals surface area contributed by atoms with Gasteiger partial charge in [0.05, 0.1) is 12.5 Å². The molecule has 0 spiro atoms. The van der Waals surface area contributed by atoms with Gasteiger partial charge in [0.2, 0.25) is 0 Å². The number of hydrogen-bond donors (Lipinski definition) is 0. The van der Waals surface area contributed by atoms with Crippen molar-refractivity contribution in [2.45, 2.75) is 18.1 Å². The van der Waals surface area contributed by atoms with Gasteiger partial charge in [-0.05, 0) is 22.6 Å². The minimum absolute atomic E-state index is 0.155. The summed E-state index contributed by atoms with van der Waals surface area (Å²) < 4.78 is 41.1. The van der Waals surface area contributed by atoms with E-state index >= 15 is 0 Å². The molecule has 0 aromatic carbocycles. The van der Waals surface area contributed by atoms with Gasteiger partial charge in [-0.2, -0.15) is 5.26 Å². The van der Waals surface area contributed by atoms with Gasteiger partial charge in [-0.1, -0.05) is 15.9 Å². The van der Waals surface area contributed by atoms with Crippen LogP contribution in [0.15, 0.2) is 6.20 Å². The first-order chi connectivity index (χ1) is 7.89. The van der Waals surface area contributed by atoms with Crippen LogP contribution < -0.4 is 4.74 Å². The smallest absolute Gasteiger partial charge is 0.405 e. The molecule has 0 saturated heterocycles. The Balaban J connectivity index is 3.30. The maximum Gasteiger partial charge on any atom is 0.573 e. The molecule has 0 unspecified atom stereocenters. The molecule has 0 aliphatic heterocycles. The zero-order valence-corrected chi connectivity index (χ0v) is 11.9. The van der Waals surface area contributed by atoms with Gasteiger partial charge in [-0.25, -0.2) is 4.98 Å². The summed E-state index contributed by atoms with van der Waals surface area (Å²) in [5, 5.41) is 8.77. The molecular formula is C9H5BrF3IN2O. The van der Waals surface area contributed by atoms with Crippen LogP contribution in [-0.4, -0.2) is 11.3 Å². The van der Waals surface area contributed by atoms with Crippen molar-refractivity contribution in [3.05, 3.63) is 21.0 Å². The molecule has 0 N–H and O–H groups in total. The summed E-state index contributed by atoms with van der Waals surface area (Å²) in [5.74, 6) is -0.338. The van der Waals surface area contributed by atoms with Crippen molar-refractivity contribution in [1.82, 2.24) is 4.98 Å². The molecule has 1 rings (SSSR count). The Hall–Kier alpha value is -0.560. The number of pyridine rings is 1. The normalized spacial score (nSPS) is 11.1. The monoisotopic (exact) mass is 420 g/mol. The van der Waals surface area contributed by atoms with Crippen LogP contribution >= 0.6 is 38.5 Å². The van der Waals surface area contributed by atoms with E-state index in [1.54, 1.807) is 28.7 Å². The van der Waals surface area contributed by atoms with E-state index in [1.165, 1.54) is 6.20 Å². The van der Waals surface area contributed by atoms with Crippen molar-refractivity contribution in [2.75, 3.05) is 0 Å². The zero-order chi connectivity index (χ0) is 13.1. The Kier molecular flexibility index (Phi) is 5.00. The van der Waals surface area contributed by atoms with Crippen molar-refractivity contribution < 1.29 is 17.9 Å². The van der Waals surface area contributed by atoms with Crippen molar-refractivity contribution in [3.8, 4) is 11.8 Å². The quantitative estimate of drug-likeness (QED) is 0.427. The number of alkyl halides is 4. The Labute approximate surface area is 117 Å². The number of halogens is 5. The summed E-state index contributed by atoms with van der Waals surface area (Å²) in [4.78, 5) is 3.92. The molecule has 17 heavy (non-hydrogen) atoms. The third kappa shape index (κ3) is 3.99. The second-order valence-corrected chi connectivity index (χ2v) is 4.48. The maximum absolute atomic E-state index is 12.3. The first kappa shape index (κ1) is 14.5. The first-order valence-corrected chi connectivity index (χ1v) is 6.44. The molecule has 0 saturated carbocycles. The number of nitrogens with zero attached hydrogens (tertiary/aromatic N) is 2. The Bertz CT molecular complexity index is 459. The number of ether oxygens (including phenoxy) is 1. The summed E-state index contributed by atoms with van der Waals surface area (Å²) in [5.41, 5.74) is 0.412. The first-order valence-electron chi connectivity index (χ1n) is 4.24. The highest BCUT2D eigenvalue weighted by atomic mass is 127. The molecule has 1 aromatic heterocycles. The highest BCUT2D eigenvalue weighted by Gasteiger charge is 2.33. The van der Waals surface area contributed by atoms with E-state index in [1.807, 2.05) is 0 Å². The predicted octanol–water partition coefficient (Wildman–Crippen LogP) is 3.55. The van der Waals surface area contributed by atoms with Gasteiger partial charge in [0.15, 0.2) is 0 Å². The van der Waals surface area contributed by atoms with Gasteiger partial charge < -0.3 is 4.74 Å². The lowest BCUT2D eigenvalue weighted by atomic mass is 10.1. The van der Waals surface area contributed by atoms with E-state index in [0.29, 0.717) is 3.70 Å². The largest absolute Gasteiger partial charge is 0.573 e. The van der Waals surface area contributed by atoms with Crippen LogP contribution in [0, 0.1) is 15.0 Å². The standard InChI is InChI=1S/C9H5BrF3IN2O/c10-3-5-4-16-8(14)6(1-2-15)7(5)17-9(11,12)13/h4H,1,3H2. The van der Waals surface area contributed by atoms with Gasteiger partial charge in [-0.3, -0.25) is 0 Å². The molecule has 0 radical (unpaired) electrons. The van der Waals surface area contributed by atoms with Crippen LogP contribution in [0.1, 0.15) is 11.1 Å². The molecule has 0 atom stereocenters. The zero-order valence-electron chi connectivity index (χ0n) is 8.18. The SMILES string of the molecule is N#CCc1c(I)ncc(CBr)c1OC(F)(F)F. The average molecular weight is 421 g/mol. The lowest BCUT2D eigenvalue weighted by Gasteiger charge is -2.15. The molecule has 0 bridgehead atoms. The predicted molar refractivity (Wildman–Crippen MR) is 65.6 cm³/mol. The Morgan fingerprint density at radius 1 is 1.53 bits per heavy atom. The van der Waals surface area contributed by atoms with E-state index in [9.17, 15) is 13.2 Å². The molecule has 1 heterocycles. The lowest BCUT2D eigenvalue weighted by molar-refractivity contribution is -0.275. The van der Waals surface area contributed by atoms with Gasteiger partial charge in [0.1, 0.15) is 9.45 Å². The molecule has 1 aromatic rings. The summed E-state index contributed by atoms with van der Waals surface area (Å²) in [6.45, 7) is 0. The van der Waals surface area contributed by atoms with E-state index in [4.69, 9.17) is 5.26 Å². The lowest BCUT2D eigenvalue weighted by Crippen LogP contribution is -2.19. The van der Waals surface area contributed by atoms with Crippen LogP contribution in [0.3, 0.4) is 0 Å². The molecule has 0 fully saturated rings. The van der Waals surface area contributed by atoms with Gasteiger partial charge in [0, 0.05) is 22.7 Å². The molecule has 3 nitrogen and oxygen atoms in total. The summed E-state index contributed by atoms with van der Waals surface area (Å²) >= 11 is 4.82. The third-order valence-electron chi connectivity index (χ3n) is 1.77. The van der Waals surface area contributed by atoms with Crippen molar-refractivity contribution in [1.29, 1.82) is 5.26 Å². The van der Waals surface area contributed by atoms with Crippen molar-refractivity contribution in [2.24, 2.45) is 0 Å². The van der Waals surface area contributed by atoms with Gasteiger partial charge in [-0.15, -0.1) is 13.2 Å². The Morgan fingerprint density at radius 3 is 2.65 bits per heavy atom. The highest BCUT2D eigenvalue weighted by molar-refractivity contribution is 14.1. The molecule has 92 valence electrons. The molecule has 0 aliphatic rings. The van der Waals surface area contributed by atoms with Crippen LogP contribution in [-0.2, 0) is 11.8 Å². The highest BCUT2D eigenvalue weighted by Crippen LogP contribution is 2.33. The maximum atomic E-state index is 12.3. The average Bonchev–Trinajstić information content (AvgIpc) is 2.22.